The third-order valence-corrected chi connectivity index (χ3v) is 4.40. The molecule has 16 heavy (non-hydrogen) atoms. The smallest absolute Gasteiger partial charge is 0.122 e. The van der Waals surface area contributed by atoms with Crippen molar-refractivity contribution in [3.63, 3.8) is 0 Å². The van der Waals surface area contributed by atoms with Gasteiger partial charge in [0.05, 0.1) is 7.11 Å². The minimum Gasteiger partial charge on any atom is -0.496 e. The van der Waals surface area contributed by atoms with Crippen LogP contribution in [0.15, 0.2) is 16.6 Å². The van der Waals surface area contributed by atoms with Crippen molar-refractivity contribution in [2.45, 2.75) is 38.1 Å². The lowest BCUT2D eigenvalue weighted by molar-refractivity contribution is 0.343. The van der Waals surface area contributed by atoms with E-state index in [-0.39, 0.29) is 5.54 Å². The molecule has 3 heteroatoms. The summed E-state index contributed by atoms with van der Waals surface area (Å²) in [5.74, 6) is 0.973. The summed E-state index contributed by atoms with van der Waals surface area (Å²) >= 11 is 3.61. The van der Waals surface area contributed by atoms with E-state index in [1.807, 2.05) is 6.07 Å². The normalized spacial score (nSPS) is 24.0. The molecule has 0 saturated heterocycles. The van der Waals surface area contributed by atoms with Gasteiger partial charge in [0.15, 0.2) is 0 Å². The van der Waals surface area contributed by atoms with Gasteiger partial charge in [-0.05, 0) is 43.4 Å². The summed E-state index contributed by atoms with van der Waals surface area (Å²) in [4.78, 5) is 0. The molecule has 1 aromatic carbocycles. The predicted molar refractivity (Wildman–Crippen MR) is 69.9 cm³/mol. The van der Waals surface area contributed by atoms with Gasteiger partial charge in [-0.15, -0.1) is 0 Å². The van der Waals surface area contributed by atoms with Crippen molar-refractivity contribution >= 4 is 15.9 Å². The van der Waals surface area contributed by atoms with E-state index >= 15 is 0 Å². The van der Waals surface area contributed by atoms with Gasteiger partial charge >= 0.3 is 0 Å². The molecule has 0 aromatic heterocycles. The Balaban J connectivity index is 2.46. The Morgan fingerprint density at radius 3 is 2.81 bits per heavy atom. The van der Waals surface area contributed by atoms with Crippen LogP contribution in [0.2, 0.25) is 0 Å². The van der Waals surface area contributed by atoms with Crippen LogP contribution in [0.1, 0.15) is 30.9 Å². The highest BCUT2D eigenvalue weighted by Gasteiger charge is 2.31. The third kappa shape index (κ3) is 1.98. The highest BCUT2D eigenvalue weighted by molar-refractivity contribution is 9.10. The van der Waals surface area contributed by atoms with Gasteiger partial charge in [-0.1, -0.05) is 22.9 Å². The SMILES string of the molecule is CCC1(N)CCc2c(Br)ccc(OC)c2C1. The Hall–Kier alpha value is -0.540. The summed E-state index contributed by atoms with van der Waals surface area (Å²) in [5.41, 5.74) is 8.98. The van der Waals surface area contributed by atoms with Crippen molar-refractivity contribution in [3.8, 4) is 5.75 Å². The highest BCUT2D eigenvalue weighted by atomic mass is 79.9. The highest BCUT2D eigenvalue weighted by Crippen LogP contribution is 2.38. The van der Waals surface area contributed by atoms with Crippen LogP contribution in [0.5, 0.6) is 5.75 Å². The van der Waals surface area contributed by atoms with E-state index in [1.165, 1.54) is 15.6 Å². The molecule has 0 radical (unpaired) electrons. The minimum absolute atomic E-state index is 0.0545. The summed E-state index contributed by atoms with van der Waals surface area (Å²) in [6.07, 6.45) is 4.03. The Morgan fingerprint density at radius 2 is 2.19 bits per heavy atom. The topological polar surface area (TPSA) is 35.2 Å². The maximum absolute atomic E-state index is 6.38. The van der Waals surface area contributed by atoms with Crippen LogP contribution in [0, 0.1) is 0 Å². The molecule has 0 saturated carbocycles. The van der Waals surface area contributed by atoms with E-state index in [1.54, 1.807) is 7.11 Å². The summed E-state index contributed by atoms with van der Waals surface area (Å²) in [6.45, 7) is 2.16. The van der Waals surface area contributed by atoms with Gasteiger partial charge in [-0.25, -0.2) is 0 Å². The lowest BCUT2D eigenvalue weighted by Gasteiger charge is -2.35. The largest absolute Gasteiger partial charge is 0.496 e. The zero-order valence-corrected chi connectivity index (χ0v) is 11.4. The van der Waals surface area contributed by atoms with Crippen molar-refractivity contribution in [1.29, 1.82) is 0 Å². The molecule has 0 fully saturated rings. The van der Waals surface area contributed by atoms with Crippen LogP contribution in [0.3, 0.4) is 0 Å². The number of fused-ring (bicyclic) bond motifs is 1. The van der Waals surface area contributed by atoms with Gasteiger partial charge in [-0.2, -0.15) is 0 Å². The number of hydrogen-bond acceptors (Lipinski definition) is 2. The first-order valence-electron chi connectivity index (χ1n) is 5.73. The maximum Gasteiger partial charge on any atom is 0.122 e. The quantitative estimate of drug-likeness (QED) is 0.906. The molecule has 0 amide bonds. The zero-order chi connectivity index (χ0) is 11.8. The number of methoxy groups -OCH3 is 1. The molecule has 1 unspecified atom stereocenters. The second kappa shape index (κ2) is 4.38. The monoisotopic (exact) mass is 283 g/mol. The van der Waals surface area contributed by atoms with E-state index in [0.717, 1.165) is 31.4 Å². The molecular formula is C13H18BrNO. The fraction of sp³-hybridized carbons (Fsp3) is 0.538. The minimum atomic E-state index is -0.0545. The molecule has 88 valence electrons. The number of benzene rings is 1. The Labute approximate surface area is 105 Å². The van der Waals surface area contributed by atoms with Gasteiger partial charge in [0.25, 0.3) is 0 Å². The molecule has 0 aliphatic heterocycles. The van der Waals surface area contributed by atoms with E-state index in [9.17, 15) is 0 Å². The second-order valence-electron chi connectivity index (χ2n) is 4.60. The molecule has 1 atom stereocenters. The van der Waals surface area contributed by atoms with E-state index < -0.39 is 0 Å². The van der Waals surface area contributed by atoms with Crippen LogP contribution >= 0.6 is 15.9 Å². The van der Waals surface area contributed by atoms with Crippen LogP contribution in [0.4, 0.5) is 0 Å². The lowest BCUT2D eigenvalue weighted by Crippen LogP contribution is -2.44. The molecule has 2 N–H and O–H groups in total. The van der Waals surface area contributed by atoms with Gasteiger partial charge in [0.1, 0.15) is 5.75 Å². The number of nitrogens with two attached hydrogens (primary N) is 1. The summed E-state index contributed by atoms with van der Waals surface area (Å²) in [6, 6.07) is 4.08. The predicted octanol–water partition coefficient (Wildman–Crippen LogP) is 3.05. The average Bonchev–Trinajstić information content (AvgIpc) is 2.29. The molecule has 1 aliphatic carbocycles. The molecule has 2 nitrogen and oxygen atoms in total. The second-order valence-corrected chi connectivity index (χ2v) is 5.45. The summed E-state index contributed by atoms with van der Waals surface area (Å²) in [5, 5.41) is 0. The molecular weight excluding hydrogens is 266 g/mol. The van der Waals surface area contributed by atoms with Gasteiger partial charge < -0.3 is 10.5 Å². The maximum atomic E-state index is 6.38. The number of hydrogen-bond donors (Lipinski definition) is 1. The number of halogens is 1. The first-order chi connectivity index (χ1) is 7.59. The summed E-state index contributed by atoms with van der Waals surface area (Å²) < 4.78 is 6.61. The average molecular weight is 284 g/mol. The van der Waals surface area contributed by atoms with Crippen molar-refractivity contribution in [1.82, 2.24) is 0 Å². The first kappa shape index (κ1) is 11.9. The van der Waals surface area contributed by atoms with Crippen molar-refractivity contribution < 1.29 is 4.74 Å². The molecule has 0 heterocycles. The number of ether oxygens (including phenoxy) is 1. The first-order valence-corrected chi connectivity index (χ1v) is 6.52. The van der Waals surface area contributed by atoms with Gasteiger partial charge in [0, 0.05) is 15.6 Å². The summed E-state index contributed by atoms with van der Waals surface area (Å²) in [7, 11) is 1.72. The number of rotatable bonds is 2. The van der Waals surface area contributed by atoms with Crippen molar-refractivity contribution in [2.24, 2.45) is 5.73 Å². The Morgan fingerprint density at radius 1 is 1.44 bits per heavy atom. The van der Waals surface area contributed by atoms with E-state index in [4.69, 9.17) is 10.5 Å². The third-order valence-electron chi connectivity index (χ3n) is 3.66. The lowest BCUT2D eigenvalue weighted by atomic mass is 9.77. The molecule has 1 aromatic rings. The van der Waals surface area contributed by atoms with E-state index in [2.05, 4.69) is 28.9 Å². The Bertz CT molecular complexity index is 405. The molecule has 0 bridgehead atoms. The fourth-order valence-corrected chi connectivity index (χ4v) is 2.98. The van der Waals surface area contributed by atoms with Crippen molar-refractivity contribution in [2.75, 3.05) is 7.11 Å². The Kier molecular flexibility index (Phi) is 3.27. The van der Waals surface area contributed by atoms with Crippen LogP contribution < -0.4 is 10.5 Å². The van der Waals surface area contributed by atoms with Crippen molar-refractivity contribution in [3.05, 3.63) is 27.7 Å². The van der Waals surface area contributed by atoms with E-state index in [0.29, 0.717) is 0 Å². The molecule has 0 spiro atoms. The molecule has 1 aliphatic rings. The van der Waals surface area contributed by atoms with Gasteiger partial charge in [0.2, 0.25) is 0 Å². The van der Waals surface area contributed by atoms with Gasteiger partial charge in [-0.3, -0.25) is 0 Å². The standard InChI is InChI=1S/C13H18BrNO/c1-3-13(15)7-6-9-10(8-13)12(16-2)5-4-11(9)14/h4-5H,3,6-8,15H2,1-2H3. The zero-order valence-electron chi connectivity index (χ0n) is 9.85. The molecule has 2 rings (SSSR count). The van der Waals surface area contributed by atoms with Crippen LogP contribution in [0.25, 0.3) is 0 Å². The van der Waals surface area contributed by atoms with Crippen LogP contribution in [-0.2, 0) is 12.8 Å². The van der Waals surface area contributed by atoms with Crippen LogP contribution in [-0.4, -0.2) is 12.6 Å². The fourth-order valence-electron chi connectivity index (χ4n) is 2.41.